The summed E-state index contributed by atoms with van der Waals surface area (Å²) < 4.78 is 0. The van der Waals surface area contributed by atoms with Crippen molar-refractivity contribution in [3.63, 3.8) is 0 Å². The summed E-state index contributed by atoms with van der Waals surface area (Å²) in [7, 11) is 4.35. The molecule has 4 rings (SSSR count). The van der Waals surface area contributed by atoms with E-state index in [2.05, 4.69) is 56.6 Å². The highest BCUT2D eigenvalue weighted by atomic mass is 15.1. The predicted octanol–water partition coefficient (Wildman–Crippen LogP) is 3.30. The maximum Gasteiger partial charge on any atom is 0.137 e. The number of rotatable bonds is 4. The van der Waals surface area contributed by atoms with Gasteiger partial charge in [0.15, 0.2) is 0 Å². The number of fused-ring (bicyclic) bond motifs is 1. The van der Waals surface area contributed by atoms with E-state index < -0.39 is 0 Å². The number of hydrogen-bond acceptors (Lipinski definition) is 5. The van der Waals surface area contributed by atoms with Gasteiger partial charge in [0.05, 0.1) is 11.7 Å². The molecule has 0 spiro atoms. The third kappa shape index (κ3) is 3.35. The average molecular weight is 336 g/mol. The van der Waals surface area contributed by atoms with Crippen molar-refractivity contribution in [2.45, 2.75) is 37.8 Å². The van der Waals surface area contributed by atoms with Gasteiger partial charge in [0.25, 0.3) is 0 Å². The molecule has 2 heterocycles. The third-order valence-corrected chi connectivity index (χ3v) is 5.23. The smallest absolute Gasteiger partial charge is 0.137 e. The lowest BCUT2D eigenvalue weighted by molar-refractivity contribution is 0.221. The molecule has 1 saturated carbocycles. The van der Waals surface area contributed by atoms with Gasteiger partial charge >= 0.3 is 0 Å². The van der Waals surface area contributed by atoms with Crippen molar-refractivity contribution < 1.29 is 0 Å². The fraction of sp³-hybridized carbons (Fsp3) is 0.421. The quantitative estimate of drug-likeness (QED) is 0.765. The van der Waals surface area contributed by atoms with E-state index in [9.17, 15) is 0 Å². The van der Waals surface area contributed by atoms with Crippen LogP contribution in [-0.2, 0) is 0 Å². The number of nitrogens with zero attached hydrogens (tertiary/aromatic N) is 4. The number of benzene rings is 1. The van der Waals surface area contributed by atoms with Crippen LogP contribution in [0.3, 0.4) is 0 Å². The first-order valence-corrected chi connectivity index (χ1v) is 8.87. The molecule has 0 atom stereocenters. The van der Waals surface area contributed by atoms with Gasteiger partial charge in [-0.15, -0.1) is 0 Å². The summed E-state index contributed by atoms with van der Waals surface area (Å²) >= 11 is 0. The number of H-pyrrole nitrogens is 1. The zero-order chi connectivity index (χ0) is 17.2. The molecule has 130 valence electrons. The molecule has 0 bridgehead atoms. The Balaban J connectivity index is 1.58. The van der Waals surface area contributed by atoms with Crippen LogP contribution in [0.1, 0.15) is 25.7 Å². The Hall–Kier alpha value is -2.47. The Morgan fingerprint density at radius 3 is 2.64 bits per heavy atom. The van der Waals surface area contributed by atoms with Crippen LogP contribution < -0.4 is 5.32 Å². The summed E-state index contributed by atoms with van der Waals surface area (Å²) in [6.45, 7) is 0. The van der Waals surface area contributed by atoms with E-state index in [-0.39, 0.29) is 0 Å². The summed E-state index contributed by atoms with van der Waals surface area (Å²) in [6, 6.07) is 7.45. The van der Waals surface area contributed by atoms with E-state index in [1.807, 2.05) is 18.5 Å². The number of nitrogens with one attached hydrogen (secondary N) is 2. The normalized spacial score (nSPS) is 20.9. The van der Waals surface area contributed by atoms with Gasteiger partial charge in [-0.3, -0.25) is 5.10 Å². The van der Waals surface area contributed by atoms with E-state index in [4.69, 9.17) is 0 Å². The van der Waals surface area contributed by atoms with E-state index in [0.717, 1.165) is 27.8 Å². The molecule has 1 aromatic carbocycles. The number of anilines is 1. The Morgan fingerprint density at radius 2 is 1.92 bits per heavy atom. The molecule has 1 fully saturated rings. The molecule has 0 amide bonds. The lowest BCUT2D eigenvalue weighted by Crippen LogP contribution is -2.36. The van der Waals surface area contributed by atoms with Gasteiger partial charge in [-0.2, -0.15) is 5.10 Å². The molecule has 0 radical (unpaired) electrons. The summed E-state index contributed by atoms with van der Waals surface area (Å²) in [5, 5.41) is 11.6. The van der Waals surface area contributed by atoms with Crippen LogP contribution in [0.5, 0.6) is 0 Å². The van der Waals surface area contributed by atoms with Crippen molar-refractivity contribution in [2.24, 2.45) is 0 Å². The molecule has 0 saturated heterocycles. The molecule has 0 aliphatic heterocycles. The second-order valence-corrected chi connectivity index (χ2v) is 7.05. The van der Waals surface area contributed by atoms with Crippen LogP contribution in [-0.4, -0.2) is 51.2 Å². The van der Waals surface area contributed by atoms with Crippen molar-refractivity contribution in [3.8, 4) is 11.1 Å². The number of aromatic nitrogens is 4. The molecule has 6 nitrogen and oxygen atoms in total. The topological polar surface area (TPSA) is 69.7 Å². The molecule has 2 N–H and O–H groups in total. The first-order valence-electron chi connectivity index (χ1n) is 8.87. The fourth-order valence-corrected chi connectivity index (χ4v) is 3.69. The molecule has 0 unspecified atom stereocenters. The first kappa shape index (κ1) is 16.0. The van der Waals surface area contributed by atoms with Crippen LogP contribution in [0.15, 0.2) is 36.9 Å². The minimum absolute atomic E-state index is 0.479. The van der Waals surface area contributed by atoms with Crippen molar-refractivity contribution in [2.75, 3.05) is 19.4 Å². The van der Waals surface area contributed by atoms with Crippen LogP contribution in [0.2, 0.25) is 0 Å². The molecule has 1 aliphatic rings. The average Bonchev–Trinajstić information content (AvgIpc) is 3.17. The van der Waals surface area contributed by atoms with Crippen molar-refractivity contribution in [1.29, 1.82) is 0 Å². The van der Waals surface area contributed by atoms with Gasteiger partial charge in [0, 0.05) is 29.2 Å². The maximum atomic E-state index is 4.52. The highest BCUT2D eigenvalue weighted by Crippen LogP contribution is 2.29. The minimum Gasteiger partial charge on any atom is -0.367 e. The fourth-order valence-electron chi connectivity index (χ4n) is 3.69. The lowest BCUT2D eigenvalue weighted by atomic mass is 9.90. The van der Waals surface area contributed by atoms with E-state index in [1.54, 1.807) is 6.33 Å². The SMILES string of the molecule is CN(C)C1CCC(Nc2ncnc3ccc(-c4cn[nH]c4)cc23)CC1. The molecule has 6 heteroatoms. The zero-order valence-corrected chi connectivity index (χ0v) is 14.7. The second kappa shape index (κ2) is 6.80. The lowest BCUT2D eigenvalue weighted by Gasteiger charge is -2.33. The zero-order valence-electron chi connectivity index (χ0n) is 14.7. The van der Waals surface area contributed by atoms with Gasteiger partial charge < -0.3 is 10.2 Å². The Bertz CT molecular complexity index is 834. The summed E-state index contributed by atoms with van der Waals surface area (Å²) in [6.07, 6.45) is 10.2. The molecular weight excluding hydrogens is 312 g/mol. The molecular formula is C19H24N6. The predicted molar refractivity (Wildman–Crippen MR) is 100 cm³/mol. The van der Waals surface area contributed by atoms with Crippen molar-refractivity contribution in [3.05, 3.63) is 36.9 Å². The molecule has 25 heavy (non-hydrogen) atoms. The summed E-state index contributed by atoms with van der Waals surface area (Å²) in [4.78, 5) is 11.3. The van der Waals surface area contributed by atoms with Crippen LogP contribution >= 0.6 is 0 Å². The third-order valence-electron chi connectivity index (χ3n) is 5.23. The van der Waals surface area contributed by atoms with E-state index in [0.29, 0.717) is 12.1 Å². The van der Waals surface area contributed by atoms with Crippen molar-refractivity contribution in [1.82, 2.24) is 25.1 Å². The standard InChI is InChI=1S/C19H24N6/c1-25(2)16-6-4-15(5-7-16)24-19-17-9-13(14-10-22-23-11-14)3-8-18(17)20-12-21-19/h3,8-12,15-16H,4-7H2,1-2H3,(H,22,23)(H,20,21,24). The number of hydrogen-bond donors (Lipinski definition) is 2. The van der Waals surface area contributed by atoms with Gasteiger partial charge in [-0.25, -0.2) is 9.97 Å². The maximum absolute atomic E-state index is 4.52. The van der Waals surface area contributed by atoms with Gasteiger partial charge in [-0.1, -0.05) is 6.07 Å². The highest BCUT2D eigenvalue weighted by molar-refractivity contribution is 5.92. The van der Waals surface area contributed by atoms with E-state index in [1.165, 1.54) is 25.7 Å². The van der Waals surface area contributed by atoms with Crippen LogP contribution in [0, 0.1) is 0 Å². The molecule has 3 aromatic rings. The van der Waals surface area contributed by atoms with Gasteiger partial charge in [0.2, 0.25) is 0 Å². The molecule has 1 aliphatic carbocycles. The Morgan fingerprint density at radius 1 is 1.08 bits per heavy atom. The van der Waals surface area contributed by atoms with Crippen LogP contribution in [0.4, 0.5) is 5.82 Å². The van der Waals surface area contributed by atoms with Crippen molar-refractivity contribution >= 4 is 16.7 Å². The van der Waals surface area contributed by atoms with Gasteiger partial charge in [-0.05, 0) is 57.5 Å². The van der Waals surface area contributed by atoms with Crippen LogP contribution in [0.25, 0.3) is 22.0 Å². The monoisotopic (exact) mass is 336 g/mol. The Labute approximate surface area is 147 Å². The second-order valence-electron chi connectivity index (χ2n) is 7.05. The largest absolute Gasteiger partial charge is 0.367 e. The number of aromatic amines is 1. The summed E-state index contributed by atoms with van der Waals surface area (Å²) in [5.41, 5.74) is 3.16. The highest BCUT2D eigenvalue weighted by Gasteiger charge is 2.23. The Kier molecular flexibility index (Phi) is 4.36. The molecule has 2 aromatic heterocycles. The minimum atomic E-state index is 0.479. The van der Waals surface area contributed by atoms with E-state index >= 15 is 0 Å². The first-order chi connectivity index (χ1) is 12.2. The van der Waals surface area contributed by atoms with Gasteiger partial charge in [0.1, 0.15) is 12.1 Å². The summed E-state index contributed by atoms with van der Waals surface area (Å²) in [5.74, 6) is 0.934.